The Kier molecular flexibility index (Phi) is 4.59. The summed E-state index contributed by atoms with van der Waals surface area (Å²) in [5, 5.41) is 4.89. The van der Waals surface area contributed by atoms with Gasteiger partial charge in [-0.3, -0.25) is 9.78 Å². The van der Waals surface area contributed by atoms with Gasteiger partial charge in [0.25, 0.3) is 5.91 Å². The molecule has 2 heterocycles. The molecule has 0 aliphatic carbocycles. The van der Waals surface area contributed by atoms with Gasteiger partial charge in [-0.05, 0) is 49.4 Å². The van der Waals surface area contributed by atoms with Crippen LogP contribution < -0.4 is 5.32 Å². The van der Waals surface area contributed by atoms with Crippen LogP contribution in [0.15, 0.2) is 54.7 Å². The minimum absolute atomic E-state index is 0.285. The number of nitrogens with one attached hydrogen (secondary N) is 1. The molecule has 0 unspecified atom stereocenters. The number of halogens is 2. The number of amides is 1. The molecule has 0 atom stereocenters. The highest BCUT2D eigenvalue weighted by Gasteiger charge is 2.18. The van der Waals surface area contributed by atoms with Crippen molar-refractivity contribution in [1.82, 2.24) is 9.97 Å². The van der Waals surface area contributed by atoms with Gasteiger partial charge in [0.15, 0.2) is 0 Å². The molecule has 0 spiro atoms. The standard InChI is InChI=1S/C20H13ClFN3OS/c1-11-18(27-20(24-11)12-4-6-15(22)7-5-12)19(26)25-16-10-14(21)9-13-3-2-8-23-17(13)16/h2-10H,1H3,(H,25,26). The molecule has 0 aliphatic rings. The second-order valence-electron chi connectivity index (χ2n) is 5.92. The molecule has 1 N–H and O–H groups in total. The highest BCUT2D eigenvalue weighted by Crippen LogP contribution is 2.30. The molecular weight excluding hydrogens is 385 g/mol. The fourth-order valence-electron chi connectivity index (χ4n) is 2.75. The molecular formula is C20H13ClFN3OS. The molecule has 4 nitrogen and oxygen atoms in total. The van der Waals surface area contributed by atoms with Gasteiger partial charge < -0.3 is 5.32 Å². The van der Waals surface area contributed by atoms with Crippen molar-refractivity contribution in [3.63, 3.8) is 0 Å². The number of hydrogen-bond acceptors (Lipinski definition) is 4. The van der Waals surface area contributed by atoms with Crippen molar-refractivity contribution >= 4 is 45.4 Å². The number of rotatable bonds is 3. The van der Waals surface area contributed by atoms with Crippen molar-refractivity contribution in [1.29, 1.82) is 0 Å². The molecule has 0 aliphatic heterocycles. The number of nitrogens with zero attached hydrogens (tertiary/aromatic N) is 2. The van der Waals surface area contributed by atoms with Gasteiger partial charge in [0.05, 0.1) is 16.9 Å². The summed E-state index contributed by atoms with van der Waals surface area (Å²) in [4.78, 5) is 22.1. The number of carbonyl (C=O) groups is 1. The van der Waals surface area contributed by atoms with Gasteiger partial charge in [0.1, 0.15) is 15.7 Å². The molecule has 7 heteroatoms. The summed E-state index contributed by atoms with van der Waals surface area (Å²) in [7, 11) is 0. The van der Waals surface area contributed by atoms with Crippen LogP contribution in [-0.2, 0) is 0 Å². The van der Waals surface area contributed by atoms with Crippen LogP contribution >= 0.6 is 22.9 Å². The molecule has 4 rings (SSSR count). The van der Waals surface area contributed by atoms with Crippen LogP contribution in [0.3, 0.4) is 0 Å². The molecule has 0 saturated carbocycles. The smallest absolute Gasteiger partial charge is 0.267 e. The van der Waals surface area contributed by atoms with Gasteiger partial charge >= 0.3 is 0 Å². The second kappa shape index (κ2) is 7.06. The van der Waals surface area contributed by atoms with E-state index in [1.54, 1.807) is 37.4 Å². The first-order chi connectivity index (χ1) is 13.0. The quantitative estimate of drug-likeness (QED) is 0.481. The summed E-state index contributed by atoms with van der Waals surface area (Å²) in [6.07, 6.45) is 1.66. The average Bonchev–Trinajstić information content (AvgIpc) is 3.04. The zero-order valence-electron chi connectivity index (χ0n) is 14.2. The Morgan fingerprint density at radius 2 is 1.96 bits per heavy atom. The Bertz CT molecular complexity index is 1160. The molecule has 0 saturated heterocycles. The molecule has 0 radical (unpaired) electrons. The summed E-state index contributed by atoms with van der Waals surface area (Å²) < 4.78 is 13.1. The summed E-state index contributed by atoms with van der Waals surface area (Å²) in [5.41, 5.74) is 2.57. The molecule has 2 aromatic carbocycles. The molecule has 0 bridgehead atoms. The van der Waals surface area contributed by atoms with Crippen molar-refractivity contribution in [2.75, 3.05) is 5.32 Å². The number of anilines is 1. The SMILES string of the molecule is Cc1nc(-c2ccc(F)cc2)sc1C(=O)Nc1cc(Cl)cc2cccnc12. The molecule has 0 fully saturated rings. The first kappa shape index (κ1) is 17.6. The third kappa shape index (κ3) is 3.54. The van der Waals surface area contributed by atoms with Crippen LogP contribution in [0, 0.1) is 12.7 Å². The normalized spacial score (nSPS) is 10.9. The van der Waals surface area contributed by atoms with E-state index in [2.05, 4.69) is 15.3 Å². The van der Waals surface area contributed by atoms with Crippen molar-refractivity contribution in [3.05, 3.63) is 76.1 Å². The maximum atomic E-state index is 13.1. The van der Waals surface area contributed by atoms with Crippen molar-refractivity contribution < 1.29 is 9.18 Å². The minimum atomic E-state index is -0.315. The van der Waals surface area contributed by atoms with E-state index in [9.17, 15) is 9.18 Å². The van der Waals surface area contributed by atoms with Crippen molar-refractivity contribution in [2.45, 2.75) is 6.92 Å². The van der Waals surface area contributed by atoms with Crippen LogP contribution in [0.25, 0.3) is 21.5 Å². The Balaban J connectivity index is 1.67. The summed E-state index contributed by atoms with van der Waals surface area (Å²) >= 11 is 7.42. The first-order valence-corrected chi connectivity index (χ1v) is 9.30. The minimum Gasteiger partial charge on any atom is -0.319 e. The maximum absolute atomic E-state index is 13.1. The van der Waals surface area contributed by atoms with E-state index in [4.69, 9.17) is 11.6 Å². The Morgan fingerprint density at radius 3 is 2.74 bits per heavy atom. The lowest BCUT2D eigenvalue weighted by atomic mass is 10.2. The number of aryl methyl sites for hydroxylation is 1. The second-order valence-corrected chi connectivity index (χ2v) is 7.36. The largest absolute Gasteiger partial charge is 0.319 e. The highest BCUT2D eigenvalue weighted by atomic mass is 35.5. The number of hydrogen-bond donors (Lipinski definition) is 1. The van der Waals surface area contributed by atoms with E-state index in [0.717, 1.165) is 10.9 Å². The number of carbonyl (C=O) groups excluding carboxylic acids is 1. The van der Waals surface area contributed by atoms with E-state index in [1.165, 1.54) is 23.5 Å². The highest BCUT2D eigenvalue weighted by molar-refractivity contribution is 7.17. The molecule has 4 aromatic rings. The number of thiazole rings is 1. The maximum Gasteiger partial charge on any atom is 0.267 e. The third-order valence-electron chi connectivity index (χ3n) is 4.01. The number of fused-ring (bicyclic) bond motifs is 1. The molecule has 2 aromatic heterocycles. The molecule has 134 valence electrons. The summed E-state index contributed by atoms with van der Waals surface area (Å²) in [6.45, 7) is 1.77. The number of pyridine rings is 1. The zero-order chi connectivity index (χ0) is 19.0. The number of benzene rings is 2. The van der Waals surface area contributed by atoms with Crippen molar-refractivity contribution in [2.24, 2.45) is 0 Å². The Labute approximate surface area is 163 Å². The fraction of sp³-hybridized carbons (Fsp3) is 0.0500. The van der Waals surface area contributed by atoms with E-state index >= 15 is 0 Å². The lowest BCUT2D eigenvalue weighted by molar-refractivity contribution is 0.103. The van der Waals surface area contributed by atoms with Crippen LogP contribution in [0.2, 0.25) is 5.02 Å². The molecule has 1 amide bonds. The van der Waals surface area contributed by atoms with Gasteiger partial charge in [0, 0.05) is 22.2 Å². The Hall–Kier alpha value is -2.83. The van der Waals surface area contributed by atoms with Gasteiger partial charge in [-0.2, -0.15) is 0 Å². The third-order valence-corrected chi connectivity index (χ3v) is 5.44. The molecule has 27 heavy (non-hydrogen) atoms. The zero-order valence-corrected chi connectivity index (χ0v) is 15.7. The predicted octanol–water partition coefficient (Wildman–Crippen LogP) is 5.71. The van der Waals surface area contributed by atoms with Crippen LogP contribution in [-0.4, -0.2) is 15.9 Å². The first-order valence-electron chi connectivity index (χ1n) is 8.10. The van der Waals surface area contributed by atoms with Crippen LogP contribution in [0.5, 0.6) is 0 Å². The summed E-state index contributed by atoms with van der Waals surface area (Å²) in [5.74, 6) is -0.599. The van der Waals surface area contributed by atoms with Gasteiger partial charge in [-0.15, -0.1) is 11.3 Å². The summed E-state index contributed by atoms with van der Waals surface area (Å²) in [6, 6.07) is 13.2. The van der Waals surface area contributed by atoms with Gasteiger partial charge in [-0.25, -0.2) is 9.37 Å². The predicted molar refractivity (Wildman–Crippen MR) is 107 cm³/mol. The number of aromatic nitrogens is 2. The van der Waals surface area contributed by atoms with E-state index in [1.807, 2.05) is 12.1 Å². The van der Waals surface area contributed by atoms with E-state index in [0.29, 0.717) is 31.8 Å². The lowest BCUT2D eigenvalue weighted by Gasteiger charge is -2.08. The van der Waals surface area contributed by atoms with Gasteiger partial charge in [-0.1, -0.05) is 17.7 Å². The van der Waals surface area contributed by atoms with E-state index < -0.39 is 0 Å². The Morgan fingerprint density at radius 1 is 1.19 bits per heavy atom. The monoisotopic (exact) mass is 397 g/mol. The average molecular weight is 398 g/mol. The van der Waals surface area contributed by atoms with Crippen molar-refractivity contribution in [3.8, 4) is 10.6 Å². The topological polar surface area (TPSA) is 54.9 Å². The van der Waals surface area contributed by atoms with E-state index in [-0.39, 0.29) is 11.7 Å². The fourth-order valence-corrected chi connectivity index (χ4v) is 3.95. The van der Waals surface area contributed by atoms with Crippen LogP contribution in [0.1, 0.15) is 15.4 Å². The van der Waals surface area contributed by atoms with Crippen LogP contribution in [0.4, 0.5) is 10.1 Å². The van der Waals surface area contributed by atoms with Gasteiger partial charge in [0.2, 0.25) is 0 Å². The lowest BCUT2D eigenvalue weighted by Crippen LogP contribution is -2.12.